The maximum Gasteiger partial charge on any atom is 0.254 e. The molecule has 0 bridgehead atoms. The molecule has 0 unspecified atom stereocenters. The van der Waals surface area contributed by atoms with E-state index in [4.69, 9.17) is 11.5 Å². The fourth-order valence-electron chi connectivity index (χ4n) is 0.896. The molecule has 7 heteroatoms. The first-order chi connectivity index (χ1) is 6.25. The number of aromatic amines is 1. The lowest BCUT2D eigenvalue weighted by atomic mass is 10.6. The number of nitrogens with two attached hydrogens (primary N) is 2. The molecule has 0 aromatic carbocycles. The zero-order valence-corrected chi connectivity index (χ0v) is 6.60. The predicted molar refractivity (Wildman–Crippen MR) is 47.2 cm³/mol. The Morgan fingerprint density at radius 3 is 3.00 bits per heavy atom. The van der Waals surface area contributed by atoms with E-state index in [1.807, 2.05) is 0 Å². The highest BCUT2D eigenvalue weighted by Gasteiger charge is 1.99. The molecule has 2 rings (SSSR count). The van der Waals surface area contributed by atoms with E-state index < -0.39 is 0 Å². The third-order valence-corrected chi connectivity index (χ3v) is 1.39. The molecule has 0 aliphatic carbocycles. The van der Waals surface area contributed by atoms with Crippen LogP contribution in [-0.4, -0.2) is 25.9 Å². The van der Waals surface area contributed by atoms with Crippen LogP contribution in [0.15, 0.2) is 17.5 Å². The lowest BCUT2D eigenvalue weighted by Crippen LogP contribution is -2.22. The Morgan fingerprint density at radius 1 is 1.38 bits per heavy atom. The van der Waals surface area contributed by atoms with Crippen molar-refractivity contribution in [3.05, 3.63) is 12.5 Å². The number of rotatable bonds is 1. The number of imidazole rings is 1. The lowest BCUT2D eigenvalue weighted by molar-refractivity contribution is 1.15. The molecule has 0 atom stereocenters. The molecule has 0 amide bonds. The van der Waals surface area contributed by atoms with Crippen molar-refractivity contribution in [2.24, 2.45) is 16.5 Å². The number of fused-ring (bicyclic) bond motifs is 1. The third-order valence-electron chi connectivity index (χ3n) is 1.39. The van der Waals surface area contributed by atoms with E-state index in [0.29, 0.717) is 5.65 Å². The predicted octanol–water partition coefficient (Wildman–Crippen LogP) is -0.742. The third kappa shape index (κ3) is 1.39. The molecule has 0 fully saturated rings. The van der Waals surface area contributed by atoms with Gasteiger partial charge in [-0.25, -0.2) is 9.97 Å². The number of nitrogens with one attached hydrogen (secondary N) is 1. The molecule has 5 N–H and O–H groups in total. The number of guanidine groups is 1. The summed E-state index contributed by atoms with van der Waals surface area (Å²) in [5, 5.41) is 0. The zero-order valence-electron chi connectivity index (χ0n) is 6.60. The van der Waals surface area contributed by atoms with Gasteiger partial charge in [0, 0.05) is 0 Å². The van der Waals surface area contributed by atoms with Crippen molar-refractivity contribution < 1.29 is 0 Å². The molecule has 2 heterocycles. The molecule has 13 heavy (non-hydrogen) atoms. The lowest BCUT2D eigenvalue weighted by Gasteiger charge is -1.91. The first-order valence-electron chi connectivity index (χ1n) is 3.51. The number of aromatic nitrogens is 4. The maximum absolute atomic E-state index is 5.16. The topological polar surface area (TPSA) is 119 Å². The van der Waals surface area contributed by atoms with Crippen LogP contribution in [0.3, 0.4) is 0 Å². The van der Waals surface area contributed by atoms with Crippen molar-refractivity contribution in [3.8, 4) is 0 Å². The fraction of sp³-hybridized carbons (Fsp3) is 0. The maximum atomic E-state index is 5.16. The summed E-state index contributed by atoms with van der Waals surface area (Å²) in [7, 11) is 0. The summed E-state index contributed by atoms with van der Waals surface area (Å²) in [5.74, 6) is 0.134. The van der Waals surface area contributed by atoms with Gasteiger partial charge in [0.2, 0.25) is 0 Å². The van der Waals surface area contributed by atoms with Gasteiger partial charge in [-0.2, -0.15) is 9.98 Å². The van der Waals surface area contributed by atoms with Gasteiger partial charge in [0.15, 0.2) is 11.6 Å². The summed E-state index contributed by atoms with van der Waals surface area (Å²) >= 11 is 0. The van der Waals surface area contributed by atoms with Crippen LogP contribution in [0, 0.1) is 0 Å². The van der Waals surface area contributed by atoms with Crippen molar-refractivity contribution in [1.82, 2.24) is 19.9 Å². The van der Waals surface area contributed by atoms with Crippen LogP contribution in [0.5, 0.6) is 0 Å². The average molecular weight is 177 g/mol. The Labute approximate surface area is 72.9 Å². The van der Waals surface area contributed by atoms with Gasteiger partial charge < -0.3 is 16.5 Å². The highest BCUT2D eigenvalue weighted by atomic mass is 15.1. The Kier molecular flexibility index (Phi) is 1.55. The smallest absolute Gasteiger partial charge is 0.254 e. The van der Waals surface area contributed by atoms with E-state index in [1.54, 1.807) is 6.20 Å². The van der Waals surface area contributed by atoms with Crippen LogP contribution in [0.1, 0.15) is 0 Å². The zero-order chi connectivity index (χ0) is 9.26. The number of hydrogen-bond acceptors (Lipinski definition) is 4. The van der Waals surface area contributed by atoms with Crippen molar-refractivity contribution in [2.45, 2.75) is 0 Å². The molecule has 2 aromatic heterocycles. The quantitative estimate of drug-likeness (QED) is 0.391. The molecule has 0 saturated heterocycles. The van der Waals surface area contributed by atoms with Gasteiger partial charge in [-0.1, -0.05) is 0 Å². The summed E-state index contributed by atoms with van der Waals surface area (Å²) < 4.78 is 0. The second kappa shape index (κ2) is 2.70. The first kappa shape index (κ1) is 7.47. The molecule has 66 valence electrons. The van der Waals surface area contributed by atoms with Crippen LogP contribution in [-0.2, 0) is 0 Å². The van der Waals surface area contributed by atoms with Crippen LogP contribution in [0.25, 0.3) is 11.2 Å². The van der Waals surface area contributed by atoms with Gasteiger partial charge in [-0.3, -0.25) is 0 Å². The summed E-state index contributed by atoms with van der Waals surface area (Å²) in [6, 6.07) is 0. The van der Waals surface area contributed by atoms with E-state index in [1.165, 1.54) is 6.33 Å². The van der Waals surface area contributed by atoms with Gasteiger partial charge in [-0.15, -0.1) is 0 Å². The van der Waals surface area contributed by atoms with Gasteiger partial charge in [0.05, 0.1) is 12.5 Å². The van der Waals surface area contributed by atoms with Crippen molar-refractivity contribution in [2.75, 3.05) is 0 Å². The van der Waals surface area contributed by atoms with Crippen LogP contribution >= 0.6 is 0 Å². The first-order valence-corrected chi connectivity index (χ1v) is 3.51. The Balaban J connectivity index is 2.54. The van der Waals surface area contributed by atoms with E-state index in [2.05, 4.69) is 24.9 Å². The number of H-pyrrole nitrogens is 1. The largest absolute Gasteiger partial charge is 0.370 e. The van der Waals surface area contributed by atoms with E-state index >= 15 is 0 Å². The number of hydrogen-bond donors (Lipinski definition) is 3. The summed E-state index contributed by atoms with van der Waals surface area (Å²) in [5.41, 5.74) is 11.6. The van der Waals surface area contributed by atoms with Gasteiger partial charge in [0.25, 0.3) is 5.95 Å². The minimum atomic E-state index is -0.0742. The van der Waals surface area contributed by atoms with Crippen molar-refractivity contribution >= 4 is 23.1 Å². The fourth-order valence-corrected chi connectivity index (χ4v) is 0.896. The summed E-state index contributed by atoms with van der Waals surface area (Å²) in [6.07, 6.45) is 3.09. The molecule has 2 aromatic rings. The summed E-state index contributed by atoms with van der Waals surface area (Å²) in [4.78, 5) is 18.3. The van der Waals surface area contributed by atoms with Crippen molar-refractivity contribution in [1.29, 1.82) is 0 Å². The van der Waals surface area contributed by atoms with Gasteiger partial charge in [-0.05, 0) is 0 Å². The molecule has 0 aliphatic heterocycles. The average Bonchev–Trinajstić information content (AvgIpc) is 2.49. The number of aliphatic imine (C=N–C) groups is 1. The summed E-state index contributed by atoms with van der Waals surface area (Å²) in [6.45, 7) is 0. The van der Waals surface area contributed by atoms with Crippen LogP contribution in [0.2, 0.25) is 0 Å². The highest BCUT2D eigenvalue weighted by molar-refractivity contribution is 5.78. The number of nitrogens with zero attached hydrogens (tertiary/aromatic N) is 4. The van der Waals surface area contributed by atoms with E-state index in [-0.39, 0.29) is 11.9 Å². The van der Waals surface area contributed by atoms with Gasteiger partial charge >= 0.3 is 0 Å². The normalized spacial score (nSPS) is 10.2. The molecule has 0 spiro atoms. The highest BCUT2D eigenvalue weighted by Crippen LogP contribution is 2.08. The van der Waals surface area contributed by atoms with Crippen LogP contribution < -0.4 is 11.5 Å². The minimum absolute atomic E-state index is 0.0742. The second-order valence-corrected chi connectivity index (χ2v) is 2.35. The van der Waals surface area contributed by atoms with Crippen LogP contribution in [0.4, 0.5) is 5.95 Å². The molecule has 7 nitrogen and oxygen atoms in total. The van der Waals surface area contributed by atoms with Crippen molar-refractivity contribution in [3.63, 3.8) is 0 Å². The molecular formula is C6H7N7. The molecule has 0 aliphatic rings. The standard InChI is InChI=1S/C6H7N7/c7-5(8)13-6-9-1-3-4(12-6)11-2-10-3/h1-2H,(H5,7,8,9,10,11,12,13). The van der Waals surface area contributed by atoms with E-state index in [0.717, 1.165) is 5.52 Å². The molecule has 0 saturated carbocycles. The Hall–Kier alpha value is -2.18. The second-order valence-electron chi connectivity index (χ2n) is 2.35. The Morgan fingerprint density at radius 2 is 2.23 bits per heavy atom. The monoisotopic (exact) mass is 177 g/mol. The van der Waals surface area contributed by atoms with E-state index in [9.17, 15) is 0 Å². The minimum Gasteiger partial charge on any atom is -0.370 e. The van der Waals surface area contributed by atoms with Gasteiger partial charge in [0.1, 0.15) is 5.52 Å². The Bertz CT molecular complexity index is 453. The SMILES string of the molecule is NC(N)=Nc1ncc2[nH]cnc2n1. The molecule has 0 radical (unpaired) electrons. The molecular weight excluding hydrogens is 170 g/mol.